The minimum absolute atomic E-state index is 0.00384. The van der Waals surface area contributed by atoms with Crippen molar-refractivity contribution in [1.82, 2.24) is 4.90 Å². The third kappa shape index (κ3) is 6.89. The number of methoxy groups -OCH3 is 2. The van der Waals surface area contributed by atoms with E-state index in [1.807, 2.05) is 6.07 Å². The van der Waals surface area contributed by atoms with E-state index in [-0.39, 0.29) is 5.91 Å². The van der Waals surface area contributed by atoms with E-state index in [4.69, 9.17) is 14.7 Å². The van der Waals surface area contributed by atoms with Crippen LogP contribution in [0.25, 0.3) is 0 Å². The Labute approximate surface area is 90.6 Å². The quantitative estimate of drug-likeness (QED) is 0.587. The van der Waals surface area contributed by atoms with Crippen molar-refractivity contribution in [2.45, 2.75) is 12.8 Å². The Hall–Kier alpha value is -1.12. The van der Waals surface area contributed by atoms with Crippen LogP contribution in [0.2, 0.25) is 0 Å². The summed E-state index contributed by atoms with van der Waals surface area (Å²) >= 11 is 0. The molecular weight excluding hydrogens is 196 g/mol. The maximum Gasteiger partial charge on any atom is 0.224 e. The van der Waals surface area contributed by atoms with Gasteiger partial charge in [-0.3, -0.25) is 4.79 Å². The molecule has 0 aromatic rings. The summed E-state index contributed by atoms with van der Waals surface area (Å²) in [6, 6.07) is 2.02. The Morgan fingerprint density at radius 1 is 1.27 bits per heavy atom. The summed E-state index contributed by atoms with van der Waals surface area (Å²) in [5.74, 6) is 0.00384. The van der Waals surface area contributed by atoms with Gasteiger partial charge in [-0.2, -0.15) is 5.26 Å². The zero-order chi connectivity index (χ0) is 11.5. The van der Waals surface area contributed by atoms with Gasteiger partial charge in [0.15, 0.2) is 0 Å². The molecule has 0 atom stereocenters. The maximum absolute atomic E-state index is 11.6. The molecule has 0 aliphatic carbocycles. The van der Waals surface area contributed by atoms with Crippen LogP contribution >= 0.6 is 0 Å². The number of rotatable bonds is 8. The number of amides is 1. The predicted octanol–water partition coefficient (Wildman–Crippen LogP) is 0.412. The van der Waals surface area contributed by atoms with Gasteiger partial charge in [0.05, 0.1) is 32.1 Å². The van der Waals surface area contributed by atoms with Gasteiger partial charge in [-0.15, -0.1) is 0 Å². The largest absolute Gasteiger partial charge is 0.384 e. The molecule has 0 unspecified atom stereocenters. The average Bonchev–Trinajstić information content (AvgIpc) is 2.26. The fraction of sp³-hybridized carbons (Fsp3) is 0.800. The number of carbonyl (C=O) groups is 1. The molecule has 0 radical (unpaired) electrons. The van der Waals surface area contributed by atoms with Crippen LogP contribution in [-0.2, 0) is 14.3 Å². The van der Waals surface area contributed by atoms with Crippen LogP contribution in [0.15, 0.2) is 0 Å². The minimum Gasteiger partial charge on any atom is -0.384 e. The molecule has 0 rings (SSSR count). The van der Waals surface area contributed by atoms with Crippen LogP contribution in [0.3, 0.4) is 0 Å². The zero-order valence-electron chi connectivity index (χ0n) is 9.36. The van der Waals surface area contributed by atoms with Crippen molar-refractivity contribution < 1.29 is 14.3 Å². The van der Waals surface area contributed by atoms with Gasteiger partial charge in [-0.1, -0.05) is 0 Å². The molecule has 1 amide bonds. The molecular formula is C10H18N2O3. The zero-order valence-corrected chi connectivity index (χ0v) is 9.36. The Kier molecular flexibility index (Phi) is 8.73. The minimum atomic E-state index is 0.00384. The molecule has 0 saturated carbocycles. The smallest absolute Gasteiger partial charge is 0.224 e. The molecule has 0 aliphatic heterocycles. The molecule has 0 bridgehead atoms. The molecule has 0 aromatic carbocycles. The van der Waals surface area contributed by atoms with Crippen LogP contribution in [0.1, 0.15) is 12.8 Å². The fourth-order valence-electron chi connectivity index (χ4n) is 1.10. The maximum atomic E-state index is 11.6. The van der Waals surface area contributed by atoms with E-state index in [0.29, 0.717) is 39.1 Å². The van der Waals surface area contributed by atoms with Gasteiger partial charge in [0.1, 0.15) is 0 Å². The SMILES string of the molecule is COCCC(=O)N(CCC#N)CCOC. The summed E-state index contributed by atoms with van der Waals surface area (Å²) in [5, 5.41) is 8.45. The summed E-state index contributed by atoms with van der Waals surface area (Å²) in [5.41, 5.74) is 0. The number of hydrogen-bond donors (Lipinski definition) is 0. The van der Waals surface area contributed by atoms with Crippen LogP contribution in [0.5, 0.6) is 0 Å². The molecule has 0 N–H and O–H groups in total. The van der Waals surface area contributed by atoms with E-state index in [1.54, 1.807) is 19.1 Å². The third-order valence-electron chi connectivity index (χ3n) is 1.93. The molecule has 15 heavy (non-hydrogen) atoms. The van der Waals surface area contributed by atoms with Crippen LogP contribution in [0, 0.1) is 11.3 Å². The van der Waals surface area contributed by atoms with Gasteiger partial charge in [0.25, 0.3) is 0 Å². The highest BCUT2D eigenvalue weighted by Gasteiger charge is 2.11. The van der Waals surface area contributed by atoms with Crippen molar-refractivity contribution in [3.8, 4) is 6.07 Å². The molecule has 86 valence electrons. The van der Waals surface area contributed by atoms with Gasteiger partial charge in [-0.05, 0) is 0 Å². The molecule has 5 heteroatoms. The van der Waals surface area contributed by atoms with Crippen molar-refractivity contribution in [2.24, 2.45) is 0 Å². The lowest BCUT2D eigenvalue weighted by molar-refractivity contribution is -0.132. The van der Waals surface area contributed by atoms with Crippen molar-refractivity contribution >= 4 is 5.91 Å². The second kappa shape index (κ2) is 9.44. The topological polar surface area (TPSA) is 62.6 Å². The van der Waals surface area contributed by atoms with Crippen molar-refractivity contribution in [3.63, 3.8) is 0 Å². The number of carbonyl (C=O) groups excluding carboxylic acids is 1. The lowest BCUT2D eigenvalue weighted by atomic mass is 10.3. The highest BCUT2D eigenvalue weighted by atomic mass is 16.5. The molecule has 5 nitrogen and oxygen atoms in total. The normalized spacial score (nSPS) is 9.67. The standard InChI is InChI=1S/C10H18N2O3/c1-14-8-4-10(13)12(6-3-5-11)7-9-15-2/h3-4,6-9H2,1-2H3. The summed E-state index contributed by atoms with van der Waals surface area (Å²) in [7, 11) is 3.14. The van der Waals surface area contributed by atoms with Gasteiger partial charge in [-0.25, -0.2) is 0 Å². The van der Waals surface area contributed by atoms with Gasteiger partial charge < -0.3 is 14.4 Å². The fourth-order valence-corrected chi connectivity index (χ4v) is 1.10. The Morgan fingerprint density at radius 3 is 2.47 bits per heavy atom. The molecule has 0 aromatic heterocycles. The number of nitriles is 1. The van der Waals surface area contributed by atoms with E-state index in [1.165, 1.54) is 0 Å². The molecule has 0 aliphatic rings. The van der Waals surface area contributed by atoms with Gasteiger partial charge in [0.2, 0.25) is 5.91 Å². The van der Waals surface area contributed by atoms with E-state index in [0.717, 1.165) is 0 Å². The van der Waals surface area contributed by atoms with E-state index in [9.17, 15) is 4.79 Å². The van der Waals surface area contributed by atoms with Gasteiger partial charge in [0, 0.05) is 27.3 Å². The van der Waals surface area contributed by atoms with Gasteiger partial charge >= 0.3 is 0 Å². The van der Waals surface area contributed by atoms with Crippen molar-refractivity contribution in [3.05, 3.63) is 0 Å². The average molecular weight is 214 g/mol. The summed E-state index contributed by atoms with van der Waals surface area (Å²) in [6.07, 6.45) is 0.702. The Balaban J connectivity index is 3.97. The first-order valence-corrected chi connectivity index (χ1v) is 4.88. The molecule has 0 heterocycles. The second-order valence-corrected chi connectivity index (χ2v) is 3.02. The van der Waals surface area contributed by atoms with Crippen LogP contribution in [-0.4, -0.2) is 51.3 Å². The first-order chi connectivity index (χ1) is 7.26. The van der Waals surface area contributed by atoms with Crippen molar-refractivity contribution in [1.29, 1.82) is 5.26 Å². The monoisotopic (exact) mass is 214 g/mol. The Bertz CT molecular complexity index is 213. The van der Waals surface area contributed by atoms with E-state index < -0.39 is 0 Å². The van der Waals surface area contributed by atoms with Crippen LogP contribution < -0.4 is 0 Å². The molecule has 0 saturated heterocycles. The second-order valence-electron chi connectivity index (χ2n) is 3.02. The number of hydrogen-bond acceptors (Lipinski definition) is 4. The predicted molar refractivity (Wildman–Crippen MR) is 55.2 cm³/mol. The first-order valence-electron chi connectivity index (χ1n) is 4.88. The van der Waals surface area contributed by atoms with E-state index >= 15 is 0 Å². The highest BCUT2D eigenvalue weighted by molar-refractivity contribution is 5.76. The summed E-state index contributed by atoms with van der Waals surface area (Å²) in [4.78, 5) is 13.2. The van der Waals surface area contributed by atoms with E-state index in [2.05, 4.69) is 0 Å². The lowest BCUT2D eigenvalue weighted by Crippen LogP contribution is -2.35. The molecule has 0 fully saturated rings. The lowest BCUT2D eigenvalue weighted by Gasteiger charge is -2.20. The molecule has 0 spiro atoms. The first kappa shape index (κ1) is 13.9. The Morgan fingerprint density at radius 2 is 1.93 bits per heavy atom. The number of ether oxygens (including phenoxy) is 2. The third-order valence-corrected chi connectivity index (χ3v) is 1.93. The highest BCUT2D eigenvalue weighted by Crippen LogP contribution is 1.97. The summed E-state index contributed by atoms with van der Waals surface area (Å²) < 4.78 is 9.73. The number of nitrogens with zero attached hydrogens (tertiary/aromatic N) is 2. The summed E-state index contributed by atoms with van der Waals surface area (Å²) in [6.45, 7) is 1.89. The van der Waals surface area contributed by atoms with Crippen LogP contribution in [0.4, 0.5) is 0 Å². The van der Waals surface area contributed by atoms with Crippen molar-refractivity contribution in [2.75, 3.05) is 40.5 Å².